The first-order chi connectivity index (χ1) is 8.74. The third-order valence-corrected chi connectivity index (χ3v) is 3.44. The van der Waals surface area contributed by atoms with Gasteiger partial charge in [0.2, 0.25) is 0 Å². The lowest BCUT2D eigenvalue weighted by molar-refractivity contribution is 0.0593. The van der Waals surface area contributed by atoms with E-state index in [0.717, 1.165) is 24.8 Å². The van der Waals surface area contributed by atoms with Gasteiger partial charge >= 0.3 is 5.97 Å². The summed E-state index contributed by atoms with van der Waals surface area (Å²) in [5.41, 5.74) is 0.251. The van der Waals surface area contributed by atoms with E-state index in [2.05, 4.69) is 26.5 Å². The first-order valence-corrected chi connectivity index (χ1v) is 6.40. The van der Waals surface area contributed by atoms with E-state index in [-0.39, 0.29) is 5.69 Å². The molecule has 0 bridgehead atoms. The zero-order valence-electron chi connectivity index (χ0n) is 10.9. The first kappa shape index (κ1) is 12.8. The van der Waals surface area contributed by atoms with E-state index in [0.29, 0.717) is 0 Å². The second-order valence-electron chi connectivity index (χ2n) is 4.59. The lowest BCUT2D eigenvalue weighted by atomic mass is 9.85. The average Bonchev–Trinajstić information content (AvgIpc) is 2.37. The Bertz CT molecular complexity index is 401. The van der Waals surface area contributed by atoms with Crippen LogP contribution in [0.5, 0.6) is 0 Å². The monoisotopic (exact) mass is 249 g/mol. The van der Waals surface area contributed by atoms with Crippen LogP contribution < -0.4 is 4.90 Å². The number of hydrogen-bond donors (Lipinski definition) is 0. The minimum Gasteiger partial charge on any atom is -0.464 e. The molecule has 0 aromatic carbocycles. The summed E-state index contributed by atoms with van der Waals surface area (Å²) in [6.07, 6.45) is 7.09. The number of carbonyl (C=O) groups is 1. The Kier molecular flexibility index (Phi) is 4.12. The summed E-state index contributed by atoms with van der Waals surface area (Å²) in [5, 5.41) is 0. The van der Waals surface area contributed by atoms with Crippen molar-refractivity contribution >= 4 is 11.8 Å². The number of carbonyl (C=O) groups excluding carboxylic acids is 1. The molecule has 98 valence electrons. The highest BCUT2D eigenvalue weighted by atomic mass is 16.5. The molecular weight excluding hydrogens is 230 g/mol. The van der Waals surface area contributed by atoms with Gasteiger partial charge in [0, 0.05) is 13.1 Å². The van der Waals surface area contributed by atoms with Crippen molar-refractivity contribution < 1.29 is 9.53 Å². The highest BCUT2D eigenvalue weighted by Crippen LogP contribution is 2.28. The SMILES string of the molecule is CCN(CC1CCC1)c1cnc(C(=O)OC)cn1. The van der Waals surface area contributed by atoms with Crippen LogP contribution in [0.4, 0.5) is 5.82 Å². The summed E-state index contributed by atoms with van der Waals surface area (Å²) in [7, 11) is 1.34. The normalized spacial score (nSPS) is 15.0. The Hall–Kier alpha value is -1.65. The Morgan fingerprint density at radius 2 is 2.22 bits per heavy atom. The van der Waals surface area contributed by atoms with Crippen molar-refractivity contribution in [3.05, 3.63) is 18.1 Å². The number of methoxy groups -OCH3 is 1. The van der Waals surface area contributed by atoms with Crippen molar-refractivity contribution in [2.24, 2.45) is 5.92 Å². The number of rotatable bonds is 5. The second kappa shape index (κ2) is 5.80. The van der Waals surface area contributed by atoms with Crippen molar-refractivity contribution in [2.75, 3.05) is 25.1 Å². The van der Waals surface area contributed by atoms with E-state index in [1.165, 1.54) is 32.6 Å². The van der Waals surface area contributed by atoms with Crippen LogP contribution in [-0.4, -0.2) is 36.1 Å². The molecule has 18 heavy (non-hydrogen) atoms. The zero-order chi connectivity index (χ0) is 13.0. The van der Waals surface area contributed by atoms with Crippen molar-refractivity contribution in [1.29, 1.82) is 0 Å². The van der Waals surface area contributed by atoms with Crippen LogP contribution in [0, 0.1) is 5.92 Å². The minimum atomic E-state index is -0.448. The van der Waals surface area contributed by atoms with Gasteiger partial charge in [-0.3, -0.25) is 0 Å². The fourth-order valence-electron chi connectivity index (χ4n) is 2.07. The predicted molar refractivity (Wildman–Crippen MR) is 68.6 cm³/mol. The summed E-state index contributed by atoms with van der Waals surface area (Å²) in [6.45, 7) is 4.04. The molecule has 1 aliphatic carbocycles. The maximum absolute atomic E-state index is 11.3. The quantitative estimate of drug-likeness (QED) is 0.746. The molecule has 0 saturated heterocycles. The predicted octanol–water partition coefficient (Wildman–Crippen LogP) is 1.89. The topological polar surface area (TPSA) is 55.3 Å². The van der Waals surface area contributed by atoms with E-state index < -0.39 is 5.97 Å². The summed E-state index contributed by atoms with van der Waals surface area (Å²) in [5.74, 6) is 1.17. The maximum Gasteiger partial charge on any atom is 0.358 e. The fraction of sp³-hybridized carbons (Fsp3) is 0.615. The van der Waals surface area contributed by atoms with E-state index >= 15 is 0 Å². The van der Waals surface area contributed by atoms with Crippen LogP contribution in [-0.2, 0) is 4.74 Å². The molecular formula is C13H19N3O2. The molecule has 0 amide bonds. The van der Waals surface area contributed by atoms with E-state index in [4.69, 9.17) is 0 Å². The number of esters is 1. The third kappa shape index (κ3) is 2.78. The van der Waals surface area contributed by atoms with Gasteiger partial charge in [-0.2, -0.15) is 0 Å². The highest BCUT2D eigenvalue weighted by molar-refractivity contribution is 5.86. The summed E-state index contributed by atoms with van der Waals surface area (Å²) in [6, 6.07) is 0. The van der Waals surface area contributed by atoms with Gasteiger partial charge in [-0.25, -0.2) is 14.8 Å². The summed E-state index contributed by atoms with van der Waals surface area (Å²) in [4.78, 5) is 21.8. The molecule has 0 radical (unpaired) electrons. The smallest absolute Gasteiger partial charge is 0.358 e. The van der Waals surface area contributed by atoms with Crippen LogP contribution in [0.2, 0.25) is 0 Å². The Morgan fingerprint density at radius 1 is 1.44 bits per heavy atom. The fourth-order valence-corrected chi connectivity index (χ4v) is 2.07. The van der Waals surface area contributed by atoms with Crippen molar-refractivity contribution in [3.63, 3.8) is 0 Å². The molecule has 1 aromatic heterocycles. The minimum absolute atomic E-state index is 0.251. The number of anilines is 1. The third-order valence-electron chi connectivity index (χ3n) is 3.44. The number of hydrogen-bond acceptors (Lipinski definition) is 5. The van der Waals surface area contributed by atoms with Gasteiger partial charge in [0.15, 0.2) is 5.69 Å². The van der Waals surface area contributed by atoms with Gasteiger partial charge in [0.25, 0.3) is 0 Å². The second-order valence-corrected chi connectivity index (χ2v) is 4.59. The lowest BCUT2D eigenvalue weighted by Gasteiger charge is -2.32. The lowest BCUT2D eigenvalue weighted by Crippen LogP contribution is -2.33. The van der Waals surface area contributed by atoms with E-state index in [1.807, 2.05) is 0 Å². The summed E-state index contributed by atoms with van der Waals surface area (Å²) < 4.78 is 4.60. The number of aromatic nitrogens is 2. The molecule has 1 saturated carbocycles. The largest absolute Gasteiger partial charge is 0.464 e. The van der Waals surface area contributed by atoms with Crippen LogP contribution >= 0.6 is 0 Å². The van der Waals surface area contributed by atoms with Gasteiger partial charge in [-0.15, -0.1) is 0 Å². The Morgan fingerprint density at radius 3 is 2.67 bits per heavy atom. The first-order valence-electron chi connectivity index (χ1n) is 6.40. The molecule has 5 heteroatoms. The molecule has 2 rings (SSSR count). The van der Waals surface area contributed by atoms with Gasteiger partial charge in [-0.1, -0.05) is 6.42 Å². The zero-order valence-corrected chi connectivity index (χ0v) is 10.9. The maximum atomic E-state index is 11.3. The molecule has 1 heterocycles. The summed E-state index contributed by atoms with van der Waals surface area (Å²) >= 11 is 0. The Labute approximate surface area is 107 Å². The molecule has 1 fully saturated rings. The molecule has 0 unspecified atom stereocenters. The highest BCUT2D eigenvalue weighted by Gasteiger charge is 2.21. The Balaban J connectivity index is 2.03. The molecule has 0 N–H and O–H groups in total. The van der Waals surface area contributed by atoms with Gasteiger partial charge in [-0.05, 0) is 25.7 Å². The molecule has 0 aliphatic heterocycles. The number of nitrogens with zero attached hydrogens (tertiary/aromatic N) is 3. The van der Waals surface area contributed by atoms with E-state index in [1.54, 1.807) is 6.20 Å². The standard InChI is InChI=1S/C13H19N3O2/c1-3-16(9-10-5-4-6-10)12-8-14-11(7-15-12)13(17)18-2/h7-8,10H,3-6,9H2,1-2H3. The van der Waals surface area contributed by atoms with Gasteiger partial charge in [0.1, 0.15) is 5.82 Å². The molecule has 5 nitrogen and oxygen atoms in total. The van der Waals surface area contributed by atoms with E-state index in [9.17, 15) is 4.79 Å². The van der Waals surface area contributed by atoms with Crippen LogP contribution in [0.1, 0.15) is 36.7 Å². The molecule has 1 aromatic rings. The average molecular weight is 249 g/mol. The number of ether oxygens (including phenoxy) is 1. The van der Waals surface area contributed by atoms with Crippen LogP contribution in [0.25, 0.3) is 0 Å². The van der Waals surface area contributed by atoms with Crippen molar-refractivity contribution in [1.82, 2.24) is 9.97 Å². The molecule has 0 atom stereocenters. The van der Waals surface area contributed by atoms with Crippen LogP contribution in [0.3, 0.4) is 0 Å². The van der Waals surface area contributed by atoms with Crippen molar-refractivity contribution in [3.8, 4) is 0 Å². The van der Waals surface area contributed by atoms with Gasteiger partial charge < -0.3 is 9.64 Å². The molecule has 0 spiro atoms. The molecule has 1 aliphatic rings. The van der Waals surface area contributed by atoms with Crippen molar-refractivity contribution in [2.45, 2.75) is 26.2 Å². The van der Waals surface area contributed by atoms with Gasteiger partial charge in [0.05, 0.1) is 19.5 Å². The van der Waals surface area contributed by atoms with Crippen LogP contribution in [0.15, 0.2) is 12.4 Å².